The number of esters is 1. The molecule has 2 N–H and O–H groups in total. The van der Waals surface area contributed by atoms with Crippen molar-refractivity contribution in [2.75, 3.05) is 40.0 Å². The van der Waals surface area contributed by atoms with E-state index in [4.69, 9.17) is 21.1 Å². The van der Waals surface area contributed by atoms with Crippen LogP contribution < -0.4 is 10.6 Å². The van der Waals surface area contributed by atoms with Gasteiger partial charge in [0.25, 0.3) is 0 Å². The van der Waals surface area contributed by atoms with Crippen LogP contribution in [0.5, 0.6) is 0 Å². The Hall–Kier alpha value is -2.09. The number of morpholine rings is 1. The van der Waals surface area contributed by atoms with Crippen molar-refractivity contribution < 1.29 is 19.1 Å². The van der Waals surface area contributed by atoms with E-state index in [1.807, 2.05) is 0 Å². The van der Waals surface area contributed by atoms with Crippen LogP contribution in [0.25, 0.3) is 0 Å². The third-order valence-corrected chi connectivity index (χ3v) is 4.50. The molecule has 8 heteroatoms. The second kappa shape index (κ2) is 7.86. The number of halogens is 1. The zero-order chi connectivity index (χ0) is 17.8. The Morgan fingerprint density at radius 3 is 2.64 bits per heavy atom. The summed E-state index contributed by atoms with van der Waals surface area (Å²) in [5, 5.41) is 6.13. The zero-order valence-electron chi connectivity index (χ0n) is 13.9. The molecule has 0 bridgehead atoms. The summed E-state index contributed by atoms with van der Waals surface area (Å²) in [7, 11) is 1.33. The molecular formula is C17H20ClN3O4. The van der Waals surface area contributed by atoms with Gasteiger partial charge in [-0.15, -0.1) is 0 Å². The van der Waals surface area contributed by atoms with E-state index in [1.165, 1.54) is 7.11 Å². The van der Waals surface area contributed by atoms with Crippen LogP contribution in [0.2, 0.25) is 5.02 Å². The molecule has 0 aliphatic carbocycles. The zero-order valence-corrected chi connectivity index (χ0v) is 14.6. The Morgan fingerprint density at radius 2 is 2.00 bits per heavy atom. The first kappa shape index (κ1) is 17.7. The molecule has 2 amide bonds. The molecule has 1 atom stereocenters. The van der Waals surface area contributed by atoms with Gasteiger partial charge in [-0.1, -0.05) is 23.7 Å². The number of ether oxygens (including phenoxy) is 2. The number of amides is 2. The van der Waals surface area contributed by atoms with E-state index in [0.717, 1.165) is 18.7 Å². The number of benzene rings is 1. The normalized spacial score (nSPS) is 21.5. The molecule has 1 saturated heterocycles. The Kier molecular flexibility index (Phi) is 5.57. The summed E-state index contributed by atoms with van der Waals surface area (Å²) in [6.45, 7) is 3.20. The maximum absolute atomic E-state index is 12.4. The quantitative estimate of drug-likeness (QED) is 0.789. The molecule has 2 aliphatic heterocycles. The molecule has 2 aliphatic rings. The summed E-state index contributed by atoms with van der Waals surface area (Å²) in [6.07, 6.45) is 0. The van der Waals surface area contributed by atoms with Crippen molar-refractivity contribution in [1.82, 2.24) is 15.5 Å². The number of methoxy groups -OCH3 is 1. The number of urea groups is 1. The third kappa shape index (κ3) is 4.12. The SMILES string of the molecule is COC(=O)C1=C(CN2CCOCC2)NC(=O)N[C@H]1c1ccc(Cl)cc1. The molecule has 1 aromatic rings. The molecule has 3 rings (SSSR count). The number of hydrogen-bond donors (Lipinski definition) is 2. The van der Waals surface area contributed by atoms with Crippen LogP contribution >= 0.6 is 11.6 Å². The second-order valence-corrected chi connectivity index (χ2v) is 6.29. The molecule has 2 heterocycles. The van der Waals surface area contributed by atoms with Gasteiger partial charge in [0.05, 0.1) is 31.9 Å². The van der Waals surface area contributed by atoms with Crippen molar-refractivity contribution in [3.05, 3.63) is 46.1 Å². The van der Waals surface area contributed by atoms with Crippen molar-refractivity contribution >= 4 is 23.6 Å². The minimum Gasteiger partial charge on any atom is -0.466 e. The van der Waals surface area contributed by atoms with Gasteiger partial charge in [0.2, 0.25) is 0 Å². The fourth-order valence-corrected chi connectivity index (χ4v) is 3.11. The van der Waals surface area contributed by atoms with E-state index in [9.17, 15) is 9.59 Å². The molecular weight excluding hydrogens is 346 g/mol. The number of carbonyl (C=O) groups is 2. The van der Waals surface area contributed by atoms with E-state index < -0.39 is 12.0 Å². The maximum Gasteiger partial charge on any atom is 0.338 e. The summed E-state index contributed by atoms with van der Waals surface area (Å²) < 4.78 is 10.3. The van der Waals surface area contributed by atoms with Crippen molar-refractivity contribution in [3.8, 4) is 0 Å². The Labute approximate surface area is 150 Å². The first-order chi connectivity index (χ1) is 12.1. The first-order valence-corrected chi connectivity index (χ1v) is 8.40. The highest BCUT2D eigenvalue weighted by Gasteiger charge is 2.34. The Bertz CT molecular complexity index is 684. The molecule has 0 saturated carbocycles. The van der Waals surface area contributed by atoms with Crippen LogP contribution in [0.3, 0.4) is 0 Å². The summed E-state index contributed by atoms with van der Waals surface area (Å²) in [4.78, 5) is 26.7. The van der Waals surface area contributed by atoms with Gasteiger partial charge in [-0.3, -0.25) is 4.90 Å². The summed E-state index contributed by atoms with van der Waals surface area (Å²) in [5.41, 5.74) is 1.72. The van der Waals surface area contributed by atoms with Gasteiger partial charge in [0.1, 0.15) is 0 Å². The fraction of sp³-hybridized carbons (Fsp3) is 0.412. The van der Waals surface area contributed by atoms with Crippen LogP contribution in [-0.4, -0.2) is 56.9 Å². The maximum atomic E-state index is 12.4. The summed E-state index contributed by atoms with van der Waals surface area (Å²) >= 11 is 5.94. The largest absolute Gasteiger partial charge is 0.466 e. The van der Waals surface area contributed by atoms with E-state index >= 15 is 0 Å². The molecule has 1 fully saturated rings. The van der Waals surface area contributed by atoms with Crippen LogP contribution in [0, 0.1) is 0 Å². The molecule has 0 radical (unpaired) electrons. The minimum atomic E-state index is -0.588. The Morgan fingerprint density at radius 1 is 1.32 bits per heavy atom. The minimum absolute atomic E-state index is 0.351. The van der Waals surface area contributed by atoms with Crippen LogP contribution in [0.1, 0.15) is 11.6 Å². The van der Waals surface area contributed by atoms with Gasteiger partial charge < -0.3 is 20.1 Å². The van der Waals surface area contributed by atoms with E-state index in [0.29, 0.717) is 36.1 Å². The highest BCUT2D eigenvalue weighted by atomic mass is 35.5. The van der Waals surface area contributed by atoms with E-state index in [2.05, 4.69) is 15.5 Å². The fourth-order valence-electron chi connectivity index (χ4n) is 2.98. The monoisotopic (exact) mass is 365 g/mol. The lowest BCUT2D eigenvalue weighted by Crippen LogP contribution is -2.49. The highest BCUT2D eigenvalue weighted by Crippen LogP contribution is 2.29. The molecule has 0 aromatic heterocycles. The van der Waals surface area contributed by atoms with Gasteiger partial charge in [0, 0.05) is 30.4 Å². The molecule has 134 valence electrons. The molecule has 0 unspecified atom stereocenters. The number of carbonyl (C=O) groups excluding carboxylic acids is 2. The van der Waals surface area contributed by atoms with Crippen molar-refractivity contribution in [1.29, 1.82) is 0 Å². The molecule has 25 heavy (non-hydrogen) atoms. The number of nitrogens with one attached hydrogen (secondary N) is 2. The number of rotatable bonds is 4. The molecule has 7 nitrogen and oxygen atoms in total. The van der Waals surface area contributed by atoms with E-state index in [-0.39, 0.29) is 6.03 Å². The predicted octanol–water partition coefficient (Wildman–Crippen LogP) is 1.45. The lowest BCUT2D eigenvalue weighted by atomic mass is 9.95. The van der Waals surface area contributed by atoms with Crippen molar-refractivity contribution in [3.63, 3.8) is 0 Å². The lowest BCUT2D eigenvalue weighted by Gasteiger charge is -2.33. The lowest BCUT2D eigenvalue weighted by molar-refractivity contribution is -0.136. The summed E-state index contributed by atoms with van der Waals surface area (Å²) in [6, 6.07) is 6.08. The first-order valence-electron chi connectivity index (χ1n) is 8.03. The number of hydrogen-bond acceptors (Lipinski definition) is 5. The standard InChI is InChI=1S/C17H20ClN3O4/c1-24-16(22)14-13(10-21-6-8-25-9-7-21)19-17(23)20-15(14)11-2-4-12(18)5-3-11/h2-5,15H,6-10H2,1H3,(H2,19,20,23)/t15-/m0/s1. The highest BCUT2D eigenvalue weighted by molar-refractivity contribution is 6.30. The third-order valence-electron chi connectivity index (χ3n) is 4.25. The van der Waals surface area contributed by atoms with E-state index in [1.54, 1.807) is 24.3 Å². The molecule has 0 spiro atoms. The van der Waals surface area contributed by atoms with Gasteiger partial charge in [-0.2, -0.15) is 0 Å². The topological polar surface area (TPSA) is 79.9 Å². The second-order valence-electron chi connectivity index (χ2n) is 5.86. The smallest absolute Gasteiger partial charge is 0.338 e. The Balaban J connectivity index is 1.96. The predicted molar refractivity (Wildman–Crippen MR) is 92.2 cm³/mol. The van der Waals surface area contributed by atoms with Gasteiger partial charge in [-0.05, 0) is 17.7 Å². The van der Waals surface area contributed by atoms with Crippen molar-refractivity contribution in [2.45, 2.75) is 6.04 Å². The average molecular weight is 366 g/mol. The number of nitrogens with zero attached hydrogens (tertiary/aromatic N) is 1. The molecule has 1 aromatic carbocycles. The van der Waals surface area contributed by atoms with Gasteiger partial charge >= 0.3 is 12.0 Å². The average Bonchev–Trinajstić information content (AvgIpc) is 2.62. The van der Waals surface area contributed by atoms with Crippen LogP contribution in [-0.2, 0) is 14.3 Å². The van der Waals surface area contributed by atoms with Crippen molar-refractivity contribution in [2.24, 2.45) is 0 Å². The van der Waals surface area contributed by atoms with Crippen LogP contribution in [0.15, 0.2) is 35.5 Å². The van der Waals surface area contributed by atoms with Crippen LogP contribution in [0.4, 0.5) is 4.79 Å². The van der Waals surface area contributed by atoms with Gasteiger partial charge in [-0.25, -0.2) is 9.59 Å². The summed E-state index contributed by atoms with van der Waals surface area (Å²) in [5.74, 6) is -0.476. The van der Waals surface area contributed by atoms with Gasteiger partial charge in [0.15, 0.2) is 0 Å².